The first kappa shape index (κ1) is 8.75. The maximum atomic E-state index is 11.2. The first-order valence-electron chi connectivity index (χ1n) is 4.43. The van der Waals surface area contributed by atoms with E-state index in [0.717, 1.165) is 5.56 Å². The molecule has 0 atom stereocenters. The Balaban J connectivity index is 2.52. The van der Waals surface area contributed by atoms with Gasteiger partial charge in [-0.1, -0.05) is 30.3 Å². The zero-order valence-electron chi connectivity index (χ0n) is 7.86. The maximum Gasteiger partial charge on any atom is 0.163 e. The first-order valence-corrected chi connectivity index (χ1v) is 4.43. The smallest absolute Gasteiger partial charge is 0.163 e. The highest BCUT2D eigenvalue weighted by atomic mass is 16.3. The van der Waals surface area contributed by atoms with Gasteiger partial charge in [-0.05, 0) is 13.0 Å². The van der Waals surface area contributed by atoms with E-state index in [2.05, 4.69) is 0 Å². The number of ketones is 1. The average molecular weight is 186 g/mol. The zero-order valence-corrected chi connectivity index (χ0v) is 7.86. The summed E-state index contributed by atoms with van der Waals surface area (Å²) in [7, 11) is 0. The number of carbonyl (C=O) groups is 1. The van der Waals surface area contributed by atoms with Gasteiger partial charge in [-0.15, -0.1) is 0 Å². The number of hydrogen-bond acceptors (Lipinski definition) is 2. The number of benzene rings is 1. The summed E-state index contributed by atoms with van der Waals surface area (Å²) in [6.07, 6.45) is 1.54. The first-order chi connectivity index (χ1) is 6.79. The van der Waals surface area contributed by atoms with Gasteiger partial charge in [0.05, 0.1) is 11.8 Å². The van der Waals surface area contributed by atoms with Crippen LogP contribution in [0.25, 0.3) is 11.3 Å². The molecule has 0 N–H and O–H groups in total. The van der Waals surface area contributed by atoms with Crippen molar-refractivity contribution in [3.8, 4) is 11.3 Å². The molecule has 0 fully saturated rings. The normalized spacial score (nSPS) is 10.1. The Hall–Kier alpha value is -1.83. The van der Waals surface area contributed by atoms with Crippen LogP contribution in [0.4, 0.5) is 0 Å². The molecule has 70 valence electrons. The van der Waals surface area contributed by atoms with Crippen molar-refractivity contribution in [2.45, 2.75) is 6.92 Å². The molecule has 0 saturated heterocycles. The van der Waals surface area contributed by atoms with Crippen molar-refractivity contribution in [3.63, 3.8) is 0 Å². The molecule has 2 nitrogen and oxygen atoms in total. The molecule has 1 aromatic heterocycles. The summed E-state index contributed by atoms with van der Waals surface area (Å²) in [5.74, 6) is 0.677. The fraction of sp³-hybridized carbons (Fsp3) is 0.0833. The molecule has 0 spiro atoms. The molecule has 0 unspecified atom stereocenters. The summed E-state index contributed by atoms with van der Waals surface area (Å²) in [5.41, 5.74) is 1.57. The number of furan rings is 1. The van der Waals surface area contributed by atoms with E-state index in [4.69, 9.17) is 4.42 Å². The number of Topliss-reactive ketones (excluding diaryl/α,β-unsaturated/α-hetero) is 1. The third-order valence-corrected chi connectivity index (χ3v) is 2.08. The van der Waals surface area contributed by atoms with Crippen molar-refractivity contribution < 1.29 is 9.21 Å². The van der Waals surface area contributed by atoms with Crippen LogP contribution in [-0.2, 0) is 0 Å². The number of rotatable bonds is 2. The monoisotopic (exact) mass is 186 g/mol. The molecule has 0 bridgehead atoms. The highest BCUT2D eigenvalue weighted by Crippen LogP contribution is 2.24. The Labute approximate surface area is 82.2 Å². The Kier molecular flexibility index (Phi) is 2.19. The second-order valence-corrected chi connectivity index (χ2v) is 3.09. The Morgan fingerprint density at radius 1 is 1.14 bits per heavy atom. The third-order valence-electron chi connectivity index (χ3n) is 2.08. The standard InChI is InChI=1S/C12H10O2/c1-9(13)11-7-8-14-12(11)10-5-3-2-4-6-10/h2-8H,1H3. The fourth-order valence-electron chi connectivity index (χ4n) is 1.40. The van der Waals surface area contributed by atoms with E-state index >= 15 is 0 Å². The van der Waals surface area contributed by atoms with Gasteiger partial charge in [0.2, 0.25) is 0 Å². The van der Waals surface area contributed by atoms with Crippen LogP contribution in [0, 0.1) is 0 Å². The van der Waals surface area contributed by atoms with E-state index in [1.165, 1.54) is 6.92 Å². The van der Waals surface area contributed by atoms with Crippen molar-refractivity contribution in [3.05, 3.63) is 48.2 Å². The molecule has 1 heterocycles. The number of hydrogen-bond donors (Lipinski definition) is 0. The van der Waals surface area contributed by atoms with Gasteiger partial charge in [0.25, 0.3) is 0 Å². The molecule has 0 saturated carbocycles. The molecular formula is C12H10O2. The zero-order chi connectivity index (χ0) is 9.97. The van der Waals surface area contributed by atoms with Gasteiger partial charge in [0, 0.05) is 5.56 Å². The van der Waals surface area contributed by atoms with Gasteiger partial charge < -0.3 is 4.42 Å². The summed E-state index contributed by atoms with van der Waals surface area (Å²) in [4.78, 5) is 11.2. The second kappa shape index (κ2) is 3.50. The van der Waals surface area contributed by atoms with Crippen LogP contribution in [0.15, 0.2) is 47.1 Å². The van der Waals surface area contributed by atoms with Gasteiger partial charge in [0.1, 0.15) is 5.76 Å². The van der Waals surface area contributed by atoms with Gasteiger partial charge in [-0.25, -0.2) is 0 Å². The van der Waals surface area contributed by atoms with E-state index in [1.807, 2.05) is 30.3 Å². The van der Waals surface area contributed by atoms with Crippen molar-refractivity contribution in [1.82, 2.24) is 0 Å². The molecule has 2 heteroatoms. The van der Waals surface area contributed by atoms with Crippen LogP contribution in [0.2, 0.25) is 0 Å². The minimum Gasteiger partial charge on any atom is -0.464 e. The minimum atomic E-state index is 0.0256. The van der Waals surface area contributed by atoms with Crippen molar-refractivity contribution in [1.29, 1.82) is 0 Å². The van der Waals surface area contributed by atoms with Crippen LogP contribution in [0.5, 0.6) is 0 Å². The molecule has 0 aliphatic carbocycles. The summed E-state index contributed by atoms with van der Waals surface area (Å²) < 4.78 is 5.29. The molecule has 2 rings (SSSR count). The Morgan fingerprint density at radius 2 is 1.86 bits per heavy atom. The predicted octanol–water partition coefficient (Wildman–Crippen LogP) is 3.15. The van der Waals surface area contributed by atoms with Crippen LogP contribution in [-0.4, -0.2) is 5.78 Å². The Bertz CT molecular complexity index is 440. The van der Waals surface area contributed by atoms with E-state index < -0.39 is 0 Å². The molecular weight excluding hydrogens is 176 g/mol. The van der Waals surface area contributed by atoms with Gasteiger partial charge in [-0.3, -0.25) is 4.79 Å². The van der Waals surface area contributed by atoms with E-state index in [1.54, 1.807) is 12.3 Å². The summed E-state index contributed by atoms with van der Waals surface area (Å²) in [6, 6.07) is 11.3. The molecule has 2 aromatic rings. The summed E-state index contributed by atoms with van der Waals surface area (Å²) >= 11 is 0. The highest BCUT2D eigenvalue weighted by molar-refractivity contribution is 5.99. The molecule has 0 aliphatic rings. The predicted molar refractivity (Wildman–Crippen MR) is 54.1 cm³/mol. The molecule has 0 amide bonds. The van der Waals surface area contributed by atoms with Crippen LogP contribution < -0.4 is 0 Å². The SMILES string of the molecule is CC(=O)c1ccoc1-c1ccccc1. The quantitative estimate of drug-likeness (QED) is 0.674. The molecule has 0 radical (unpaired) electrons. The second-order valence-electron chi connectivity index (χ2n) is 3.09. The van der Waals surface area contributed by atoms with E-state index in [0.29, 0.717) is 11.3 Å². The molecule has 1 aromatic carbocycles. The van der Waals surface area contributed by atoms with Gasteiger partial charge in [-0.2, -0.15) is 0 Å². The lowest BCUT2D eigenvalue weighted by Gasteiger charge is -1.98. The summed E-state index contributed by atoms with van der Waals surface area (Å²) in [6.45, 7) is 1.54. The Morgan fingerprint density at radius 3 is 2.50 bits per heavy atom. The lowest BCUT2D eigenvalue weighted by Crippen LogP contribution is -1.91. The van der Waals surface area contributed by atoms with Gasteiger partial charge >= 0.3 is 0 Å². The number of carbonyl (C=O) groups excluding carboxylic acids is 1. The molecule has 14 heavy (non-hydrogen) atoms. The third kappa shape index (κ3) is 1.46. The average Bonchev–Trinajstić information content (AvgIpc) is 2.67. The van der Waals surface area contributed by atoms with E-state index in [9.17, 15) is 4.79 Å². The summed E-state index contributed by atoms with van der Waals surface area (Å²) in [5, 5.41) is 0. The fourth-order valence-corrected chi connectivity index (χ4v) is 1.40. The topological polar surface area (TPSA) is 30.2 Å². The largest absolute Gasteiger partial charge is 0.464 e. The van der Waals surface area contributed by atoms with Crippen LogP contribution in [0.3, 0.4) is 0 Å². The minimum absolute atomic E-state index is 0.0256. The van der Waals surface area contributed by atoms with E-state index in [-0.39, 0.29) is 5.78 Å². The van der Waals surface area contributed by atoms with Crippen molar-refractivity contribution in [2.24, 2.45) is 0 Å². The van der Waals surface area contributed by atoms with Gasteiger partial charge in [0.15, 0.2) is 5.78 Å². The maximum absolute atomic E-state index is 11.2. The highest BCUT2D eigenvalue weighted by Gasteiger charge is 2.11. The van der Waals surface area contributed by atoms with Crippen molar-refractivity contribution >= 4 is 5.78 Å². The molecule has 0 aliphatic heterocycles. The van der Waals surface area contributed by atoms with Crippen molar-refractivity contribution in [2.75, 3.05) is 0 Å². The van der Waals surface area contributed by atoms with Crippen LogP contribution in [0.1, 0.15) is 17.3 Å². The lowest BCUT2D eigenvalue weighted by molar-refractivity contribution is 0.101. The van der Waals surface area contributed by atoms with Crippen LogP contribution >= 0.6 is 0 Å². The lowest BCUT2D eigenvalue weighted by atomic mass is 10.1.